The molecule has 5 nitrogen and oxygen atoms in total. The maximum Gasteiger partial charge on any atom is 0.133 e. The molecule has 1 heterocycles. The van der Waals surface area contributed by atoms with Crippen molar-refractivity contribution in [2.75, 3.05) is 0 Å². The number of ketones is 1. The lowest BCUT2D eigenvalue weighted by Gasteiger charge is -2.60. The van der Waals surface area contributed by atoms with Crippen LogP contribution in [0.5, 0.6) is 0 Å². The minimum atomic E-state index is -0.943. The van der Waals surface area contributed by atoms with Gasteiger partial charge in [0.1, 0.15) is 17.0 Å². The minimum Gasteiger partial charge on any atom is -0.393 e. The molecule has 5 fully saturated rings. The van der Waals surface area contributed by atoms with E-state index in [1.807, 2.05) is 6.92 Å². The molecule has 3 N–H and O–H groups in total. The van der Waals surface area contributed by atoms with Crippen molar-refractivity contribution in [1.29, 1.82) is 0 Å². The molecule has 1 saturated heterocycles. The van der Waals surface area contributed by atoms with Crippen LogP contribution in [-0.2, 0) is 9.53 Å². The molecule has 0 unspecified atom stereocenters. The van der Waals surface area contributed by atoms with Crippen molar-refractivity contribution in [2.24, 2.45) is 28.6 Å². The first-order chi connectivity index (χ1) is 12.1. The molecule has 4 aliphatic carbocycles. The zero-order chi connectivity index (χ0) is 18.7. The summed E-state index contributed by atoms with van der Waals surface area (Å²) in [5, 5.41) is 32.8. The van der Waals surface area contributed by atoms with E-state index in [2.05, 4.69) is 6.92 Å². The van der Waals surface area contributed by atoms with E-state index in [1.165, 1.54) is 0 Å². The maximum absolute atomic E-state index is 12.3. The Bertz CT molecular complexity index is 665. The first-order valence-electron chi connectivity index (χ1n) is 10.4. The Kier molecular flexibility index (Phi) is 3.33. The summed E-state index contributed by atoms with van der Waals surface area (Å²) in [5.41, 5.74) is -1.70. The molecule has 4 saturated carbocycles. The first kappa shape index (κ1) is 17.6. The standard InChI is InChI=1S/C21H32O5/c1-11(22)14-6-9-21-19(14,3)17(25)15(24)16-18(2)7-5-13(23)10-12(18)4-8-20(16,21)26-21/h12-17,23-25H,4-10H2,1-3H3/t12-,13+,14+,15+,16-,17-,18+,19+,20+,21-/m1/s1. The Hall–Kier alpha value is -0.490. The summed E-state index contributed by atoms with van der Waals surface area (Å²) in [7, 11) is 0. The predicted molar refractivity (Wildman–Crippen MR) is 94.3 cm³/mol. The first-order valence-corrected chi connectivity index (χ1v) is 10.4. The van der Waals surface area contributed by atoms with Crippen LogP contribution >= 0.6 is 0 Å². The van der Waals surface area contributed by atoms with Gasteiger partial charge in [-0.2, -0.15) is 0 Å². The molecule has 0 aromatic heterocycles. The summed E-state index contributed by atoms with van der Waals surface area (Å²) in [6.45, 7) is 5.82. The molecular weight excluding hydrogens is 332 g/mol. The number of Topliss-reactive ketones (excluding diaryl/α,β-unsaturated/α-hetero) is 1. The second-order valence-electron chi connectivity index (χ2n) is 10.4. The molecule has 10 atom stereocenters. The molecule has 5 aliphatic rings. The van der Waals surface area contributed by atoms with Gasteiger partial charge in [-0.25, -0.2) is 0 Å². The SMILES string of the molecule is CC(=O)[C@@H]1CC[C@]23O[C@]24CC[C@@H]2C[C@@H](O)CC[C@]2(C)[C@H]4[C@H](O)[C@@H](O)[C@]13C. The molecule has 0 radical (unpaired) electrons. The molecule has 1 aliphatic heterocycles. The summed E-state index contributed by atoms with van der Waals surface area (Å²) < 4.78 is 6.61. The minimum absolute atomic E-state index is 0.0976. The number of ether oxygens (including phenoxy) is 1. The highest BCUT2D eigenvalue weighted by Gasteiger charge is 2.90. The number of epoxide rings is 1. The average molecular weight is 364 g/mol. The maximum atomic E-state index is 12.3. The van der Waals surface area contributed by atoms with E-state index in [0.717, 1.165) is 44.9 Å². The van der Waals surface area contributed by atoms with Crippen LogP contribution < -0.4 is 0 Å². The molecule has 0 bridgehead atoms. The van der Waals surface area contributed by atoms with Crippen molar-refractivity contribution >= 4 is 5.78 Å². The second kappa shape index (κ2) is 4.91. The number of hydrogen-bond donors (Lipinski definition) is 3. The fraction of sp³-hybridized carbons (Fsp3) is 0.952. The molecule has 5 rings (SSSR count). The van der Waals surface area contributed by atoms with E-state index in [9.17, 15) is 20.1 Å². The van der Waals surface area contributed by atoms with Crippen LogP contribution in [0.25, 0.3) is 0 Å². The van der Waals surface area contributed by atoms with Gasteiger partial charge in [-0.15, -0.1) is 0 Å². The van der Waals surface area contributed by atoms with Gasteiger partial charge < -0.3 is 20.1 Å². The third kappa shape index (κ3) is 1.63. The van der Waals surface area contributed by atoms with Crippen molar-refractivity contribution in [3.63, 3.8) is 0 Å². The molecule has 2 spiro atoms. The van der Waals surface area contributed by atoms with Crippen molar-refractivity contribution in [3.8, 4) is 0 Å². The van der Waals surface area contributed by atoms with Gasteiger partial charge in [-0.05, 0) is 63.2 Å². The summed E-state index contributed by atoms with van der Waals surface area (Å²) in [5.74, 6) is 0.0981. The normalized spacial score (nSPS) is 63.3. The Morgan fingerprint density at radius 2 is 1.77 bits per heavy atom. The van der Waals surface area contributed by atoms with Crippen LogP contribution in [0.3, 0.4) is 0 Å². The number of fused-ring (bicyclic) bond motifs is 2. The van der Waals surface area contributed by atoms with Gasteiger partial charge in [0, 0.05) is 17.3 Å². The van der Waals surface area contributed by atoms with Crippen molar-refractivity contribution < 1.29 is 24.9 Å². The highest BCUT2D eigenvalue weighted by Crippen LogP contribution is 2.80. The zero-order valence-corrected chi connectivity index (χ0v) is 16.1. The molecular formula is C21H32O5. The number of carbonyl (C=O) groups is 1. The number of carbonyl (C=O) groups excluding carboxylic acids is 1. The van der Waals surface area contributed by atoms with Gasteiger partial charge in [0.25, 0.3) is 0 Å². The largest absolute Gasteiger partial charge is 0.393 e. The van der Waals surface area contributed by atoms with Crippen molar-refractivity contribution in [2.45, 2.75) is 95.2 Å². The summed E-state index contributed by atoms with van der Waals surface area (Å²) in [6, 6.07) is 0. The molecule has 5 heteroatoms. The van der Waals surface area contributed by atoms with E-state index in [4.69, 9.17) is 4.74 Å². The van der Waals surface area contributed by atoms with E-state index < -0.39 is 28.8 Å². The Morgan fingerprint density at radius 3 is 2.46 bits per heavy atom. The second-order valence-corrected chi connectivity index (χ2v) is 10.4. The van der Waals surface area contributed by atoms with Crippen molar-refractivity contribution in [1.82, 2.24) is 0 Å². The third-order valence-corrected chi connectivity index (χ3v) is 9.73. The number of aliphatic hydroxyl groups excluding tert-OH is 3. The van der Waals surface area contributed by atoms with Crippen molar-refractivity contribution in [3.05, 3.63) is 0 Å². The predicted octanol–water partition coefficient (Wildman–Crippen LogP) is 1.81. The van der Waals surface area contributed by atoms with E-state index >= 15 is 0 Å². The molecule has 0 aromatic carbocycles. The zero-order valence-electron chi connectivity index (χ0n) is 16.1. The molecule has 146 valence electrons. The number of aliphatic hydroxyl groups is 3. The van der Waals surface area contributed by atoms with Crippen LogP contribution in [0.15, 0.2) is 0 Å². The number of hydrogen-bond acceptors (Lipinski definition) is 5. The van der Waals surface area contributed by atoms with E-state index in [1.54, 1.807) is 6.92 Å². The van der Waals surface area contributed by atoms with Gasteiger partial charge >= 0.3 is 0 Å². The molecule has 0 amide bonds. The van der Waals surface area contributed by atoms with E-state index in [0.29, 0.717) is 5.92 Å². The van der Waals surface area contributed by atoms with Crippen LogP contribution in [0.2, 0.25) is 0 Å². The lowest BCUT2D eigenvalue weighted by molar-refractivity contribution is -0.196. The summed E-state index contributed by atoms with van der Waals surface area (Å²) in [6.07, 6.45) is 3.74. The van der Waals surface area contributed by atoms with Crippen LogP contribution in [0, 0.1) is 28.6 Å². The number of rotatable bonds is 1. The highest BCUT2D eigenvalue weighted by molar-refractivity contribution is 5.80. The highest BCUT2D eigenvalue weighted by atomic mass is 16.6. The monoisotopic (exact) mass is 364 g/mol. The summed E-state index contributed by atoms with van der Waals surface area (Å²) in [4.78, 5) is 12.3. The van der Waals surface area contributed by atoms with Crippen LogP contribution in [0.1, 0.15) is 65.7 Å². The fourth-order valence-corrected chi connectivity index (χ4v) is 8.48. The van der Waals surface area contributed by atoms with Gasteiger partial charge in [0.2, 0.25) is 0 Å². The lowest BCUT2D eigenvalue weighted by atomic mass is 9.43. The van der Waals surface area contributed by atoms with Gasteiger partial charge in [0.05, 0.1) is 18.3 Å². The molecule has 26 heavy (non-hydrogen) atoms. The Balaban J connectivity index is 1.61. The third-order valence-electron chi connectivity index (χ3n) is 9.73. The van der Waals surface area contributed by atoms with Gasteiger partial charge in [-0.3, -0.25) is 4.79 Å². The van der Waals surface area contributed by atoms with Gasteiger partial charge in [0.15, 0.2) is 0 Å². The van der Waals surface area contributed by atoms with Crippen LogP contribution in [0.4, 0.5) is 0 Å². The van der Waals surface area contributed by atoms with Crippen LogP contribution in [-0.4, -0.2) is 50.6 Å². The summed E-state index contributed by atoms with van der Waals surface area (Å²) >= 11 is 0. The van der Waals surface area contributed by atoms with E-state index in [-0.39, 0.29) is 29.1 Å². The average Bonchev–Trinajstić information content (AvgIpc) is 3.11. The Labute approximate surface area is 155 Å². The lowest BCUT2D eigenvalue weighted by Crippen LogP contribution is -2.69. The molecule has 0 aromatic rings. The smallest absolute Gasteiger partial charge is 0.133 e. The quantitative estimate of drug-likeness (QED) is 0.618. The topological polar surface area (TPSA) is 90.3 Å². The van der Waals surface area contributed by atoms with Gasteiger partial charge in [-0.1, -0.05) is 13.8 Å². The Morgan fingerprint density at radius 1 is 1.04 bits per heavy atom. The fourth-order valence-electron chi connectivity index (χ4n) is 8.48.